The molecule has 6 aromatic carbocycles. The predicted molar refractivity (Wildman–Crippen MR) is 243 cm³/mol. The Balaban J connectivity index is 0.903. The van der Waals surface area contributed by atoms with Crippen molar-refractivity contribution in [3.8, 4) is 11.1 Å². The third kappa shape index (κ3) is 6.91. The molecular weight excluding hydrogens is 769 g/mol. The van der Waals surface area contributed by atoms with Crippen molar-refractivity contribution in [3.05, 3.63) is 239 Å². The van der Waals surface area contributed by atoms with Crippen molar-refractivity contribution in [1.82, 2.24) is 9.97 Å². The lowest BCUT2D eigenvalue weighted by molar-refractivity contribution is 0.0973. The second kappa shape index (κ2) is 15.9. The van der Waals surface area contributed by atoms with Crippen molar-refractivity contribution in [3.63, 3.8) is 0 Å². The minimum Gasteiger partial charge on any atom is -0.311 e. The minimum atomic E-state index is -0.354. The molecule has 2 aliphatic rings. The van der Waals surface area contributed by atoms with E-state index in [4.69, 9.17) is 0 Å². The number of hydrogen-bond donors (Lipinski definition) is 0. The number of rotatable bonds is 9. The van der Waals surface area contributed by atoms with Crippen molar-refractivity contribution in [2.75, 3.05) is 9.80 Å². The van der Waals surface area contributed by atoms with Gasteiger partial charge in [0.2, 0.25) is 11.6 Å². The standard InChI is InChI=1S/C54H34N4O4/c59-51-45-13-7-31-55-49(45)53(61)47(51)33-35-15-23-41(24-16-35)57(39-9-3-1-4-10-39)43-27-19-37(20-28-43)38-21-29-44(30-22-38)58(40-11-5-2-6-12-40)42-25-17-36(18-26-42)34-48-52(60)46-14-8-32-56-50(46)54(48)62/h1-34H. The van der Waals surface area contributed by atoms with Gasteiger partial charge in [-0.15, -0.1) is 0 Å². The fraction of sp³-hybridized carbons (Fsp3) is 0. The number of benzene rings is 6. The molecule has 0 radical (unpaired) electrons. The van der Waals surface area contributed by atoms with Gasteiger partial charge in [0.15, 0.2) is 11.6 Å². The van der Waals surface area contributed by atoms with Gasteiger partial charge in [-0.3, -0.25) is 29.1 Å². The number of nitrogens with zero attached hydrogens (tertiary/aromatic N) is 4. The van der Waals surface area contributed by atoms with Crippen molar-refractivity contribution in [1.29, 1.82) is 0 Å². The van der Waals surface area contributed by atoms with Gasteiger partial charge in [0.05, 0.1) is 22.3 Å². The maximum Gasteiger partial charge on any atom is 0.216 e. The van der Waals surface area contributed by atoms with Crippen molar-refractivity contribution < 1.29 is 19.2 Å². The molecule has 0 spiro atoms. The Labute approximate surface area is 357 Å². The molecule has 0 unspecified atom stereocenters. The molecule has 0 aliphatic heterocycles. The van der Waals surface area contributed by atoms with Gasteiger partial charge in [-0.1, -0.05) is 84.9 Å². The maximum absolute atomic E-state index is 13.0. The molecule has 0 atom stereocenters. The highest BCUT2D eigenvalue weighted by atomic mass is 16.2. The lowest BCUT2D eigenvalue weighted by atomic mass is 10.0. The number of Topliss-reactive ketones (excluding diaryl/α,β-unsaturated/α-hetero) is 4. The molecule has 10 rings (SSSR count). The van der Waals surface area contributed by atoms with Gasteiger partial charge in [-0.2, -0.15) is 0 Å². The molecule has 62 heavy (non-hydrogen) atoms. The number of fused-ring (bicyclic) bond motifs is 2. The molecule has 0 saturated heterocycles. The topological polar surface area (TPSA) is 101 Å². The summed E-state index contributed by atoms with van der Waals surface area (Å²) in [6.07, 6.45) is 6.33. The maximum atomic E-state index is 13.0. The van der Waals surface area contributed by atoms with Crippen molar-refractivity contribution in [2.24, 2.45) is 0 Å². The lowest BCUT2D eigenvalue weighted by Crippen LogP contribution is -2.10. The smallest absolute Gasteiger partial charge is 0.216 e. The van der Waals surface area contributed by atoms with Gasteiger partial charge >= 0.3 is 0 Å². The Morgan fingerprint density at radius 2 is 0.645 bits per heavy atom. The second-order valence-corrected chi connectivity index (χ2v) is 14.9. The Morgan fingerprint density at radius 1 is 0.323 bits per heavy atom. The highest BCUT2D eigenvalue weighted by Gasteiger charge is 2.35. The van der Waals surface area contributed by atoms with Crippen LogP contribution in [0.5, 0.6) is 0 Å². The molecule has 8 heteroatoms. The number of carbonyl (C=O) groups is 4. The summed E-state index contributed by atoms with van der Waals surface area (Å²) >= 11 is 0. The molecule has 8 nitrogen and oxygen atoms in total. The molecular formula is C54H34N4O4. The molecule has 0 N–H and O–H groups in total. The van der Waals surface area contributed by atoms with Crippen LogP contribution in [0.3, 0.4) is 0 Å². The molecule has 2 heterocycles. The quantitative estimate of drug-likeness (QED) is 0.105. The van der Waals surface area contributed by atoms with E-state index in [0.717, 1.165) is 56.4 Å². The van der Waals surface area contributed by atoms with E-state index >= 15 is 0 Å². The van der Waals surface area contributed by atoms with E-state index in [2.05, 4.69) is 92.6 Å². The average Bonchev–Trinajstić information content (AvgIpc) is 3.71. The van der Waals surface area contributed by atoms with E-state index < -0.39 is 0 Å². The minimum absolute atomic E-state index is 0.119. The van der Waals surface area contributed by atoms with Crippen LogP contribution in [-0.2, 0) is 0 Å². The zero-order valence-electron chi connectivity index (χ0n) is 33.1. The number of hydrogen-bond acceptors (Lipinski definition) is 8. The second-order valence-electron chi connectivity index (χ2n) is 14.9. The summed E-state index contributed by atoms with van der Waals surface area (Å²) in [4.78, 5) is 64.5. The summed E-state index contributed by atoms with van der Waals surface area (Å²) in [5, 5.41) is 0. The largest absolute Gasteiger partial charge is 0.311 e. The lowest BCUT2D eigenvalue weighted by Gasteiger charge is -2.26. The third-order valence-corrected chi connectivity index (χ3v) is 11.1. The van der Waals surface area contributed by atoms with E-state index in [1.54, 1.807) is 36.4 Å². The number of carbonyl (C=O) groups excluding carboxylic acids is 4. The molecule has 2 aliphatic carbocycles. The van der Waals surface area contributed by atoms with Crippen LogP contribution in [0, 0.1) is 0 Å². The number of para-hydroxylation sites is 2. The normalized spacial score (nSPS) is 14.3. The van der Waals surface area contributed by atoms with Crippen LogP contribution in [-0.4, -0.2) is 33.1 Å². The van der Waals surface area contributed by atoms with Gasteiger partial charge in [-0.25, -0.2) is 0 Å². The van der Waals surface area contributed by atoms with Crippen LogP contribution >= 0.6 is 0 Å². The van der Waals surface area contributed by atoms with Crippen LogP contribution in [0.15, 0.2) is 206 Å². The highest BCUT2D eigenvalue weighted by Crippen LogP contribution is 2.39. The molecule has 0 saturated carbocycles. The highest BCUT2D eigenvalue weighted by molar-refractivity contribution is 6.41. The molecule has 0 amide bonds. The van der Waals surface area contributed by atoms with Crippen LogP contribution in [0.2, 0.25) is 0 Å². The van der Waals surface area contributed by atoms with Gasteiger partial charge in [-0.05, 0) is 131 Å². The Hall–Kier alpha value is -8.62. The third-order valence-electron chi connectivity index (χ3n) is 11.1. The van der Waals surface area contributed by atoms with E-state index in [1.807, 2.05) is 84.9 Å². The first-order valence-electron chi connectivity index (χ1n) is 20.0. The molecule has 294 valence electrons. The van der Waals surface area contributed by atoms with E-state index in [1.165, 1.54) is 12.4 Å². The fourth-order valence-corrected chi connectivity index (χ4v) is 7.98. The fourth-order valence-electron chi connectivity index (χ4n) is 7.98. The zero-order valence-corrected chi connectivity index (χ0v) is 33.1. The molecule has 0 fully saturated rings. The molecule has 0 bridgehead atoms. The number of aromatic nitrogens is 2. The van der Waals surface area contributed by atoms with Crippen LogP contribution < -0.4 is 9.80 Å². The summed E-state index contributed by atoms with van der Waals surface area (Å²) in [6.45, 7) is 0. The average molecular weight is 803 g/mol. The van der Waals surface area contributed by atoms with Gasteiger partial charge in [0, 0.05) is 46.5 Å². The van der Waals surface area contributed by atoms with E-state index in [-0.39, 0.29) is 45.7 Å². The Morgan fingerprint density at radius 3 is 0.984 bits per heavy atom. The first-order valence-corrected chi connectivity index (χ1v) is 20.0. The van der Waals surface area contributed by atoms with Crippen LogP contribution in [0.1, 0.15) is 52.8 Å². The van der Waals surface area contributed by atoms with Gasteiger partial charge in [0.1, 0.15) is 11.4 Å². The SMILES string of the molecule is O=C1C(=Cc2ccc(N(c3ccccc3)c3ccc(-c4ccc(N(c5ccccc5)c5ccc(C=C6C(=O)c7cccnc7C6=O)cc5)cc4)cc3)cc2)C(=O)c2ncccc21. The zero-order chi connectivity index (χ0) is 42.2. The summed E-state index contributed by atoms with van der Waals surface area (Å²) in [7, 11) is 0. The first-order chi connectivity index (χ1) is 30.4. The van der Waals surface area contributed by atoms with Crippen molar-refractivity contribution in [2.45, 2.75) is 0 Å². The Bertz CT molecular complexity index is 2820. The molecule has 8 aromatic rings. The first kappa shape index (κ1) is 37.6. The van der Waals surface area contributed by atoms with Gasteiger partial charge < -0.3 is 9.80 Å². The van der Waals surface area contributed by atoms with E-state index in [0.29, 0.717) is 11.1 Å². The molecule has 2 aromatic heterocycles. The van der Waals surface area contributed by atoms with E-state index in [9.17, 15) is 19.2 Å². The Kier molecular flexibility index (Phi) is 9.63. The summed E-state index contributed by atoms with van der Waals surface area (Å²) in [5.41, 5.74) is 10.6. The number of ketones is 4. The summed E-state index contributed by atoms with van der Waals surface area (Å²) in [6, 6.07) is 59.2. The van der Waals surface area contributed by atoms with Crippen LogP contribution in [0.4, 0.5) is 34.1 Å². The number of pyridine rings is 2. The van der Waals surface area contributed by atoms with Gasteiger partial charge in [0.25, 0.3) is 0 Å². The van der Waals surface area contributed by atoms with Crippen LogP contribution in [0.25, 0.3) is 23.3 Å². The predicted octanol–water partition coefficient (Wildman–Crippen LogP) is 12.0. The monoisotopic (exact) mass is 802 g/mol. The van der Waals surface area contributed by atoms with Crippen molar-refractivity contribution >= 4 is 69.4 Å². The summed E-state index contributed by atoms with van der Waals surface area (Å²) in [5.74, 6) is -1.32. The summed E-state index contributed by atoms with van der Waals surface area (Å²) < 4.78 is 0. The number of anilines is 6. The number of allylic oxidation sites excluding steroid dienone is 2.